The van der Waals surface area contributed by atoms with E-state index in [0.717, 1.165) is 22.0 Å². The van der Waals surface area contributed by atoms with Gasteiger partial charge in [0.05, 0.1) is 22.9 Å². The van der Waals surface area contributed by atoms with E-state index in [0.29, 0.717) is 39.4 Å². The van der Waals surface area contributed by atoms with E-state index >= 15 is 0 Å². The van der Waals surface area contributed by atoms with Crippen molar-refractivity contribution < 1.29 is 8.42 Å². The van der Waals surface area contributed by atoms with E-state index in [2.05, 4.69) is 25.3 Å². The summed E-state index contributed by atoms with van der Waals surface area (Å²) in [6.45, 7) is 1.91. The molecule has 0 bridgehead atoms. The summed E-state index contributed by atoms with van der Waals surface area (Å²) in [5.74, 6) is 0.702. The van der Waals surface area contributed by atoms with Gasteiger partial charge < -0.3 is 15.3 Å². The summed E-state index contributed by atoms with van der Waals surface area (Å²) in [6.07, 6.45) is 6.81. The van der Waals surface area contributed by atoms with Crippen molar-refractivity contribution in [3.8, 4) is 16.8 Å². The predicted octanol–water partition coefficient (Wildman–Crippen LogP) is 3.87. The van der Waals surface area contributed by atoms with Gasteiger partial charge in [-0.1, -0.05) is 18.2 Å². The van der Waals surface area contributed by atoms with Crippen molar-refractivity contribution in [3.63, 3.8) is 0 Å². The highest BCUT2D eigenvalue weighted by molar-refractivity contribution is 7.88. The van der Waals surface area contributed by atoms with Gasteiger partial charge in [-0.15, -0.1) is 0 Å². The highest BCUT2D eigenvalue weighted by atomic mass is 32.2. The van der Waals surface area contributed by atoms with Crippen LogP contribution < -0.4 is 16.0 Å². The number of H-pyrrole nitrogens is 2. The molecule has 7 rings (SSSR count). The zero-order valence-corrected chi connectivity index (χ0v) is 23.1. The van der Waals surface area contributed by atoms with Gasteiger partial charge in [0.15, 0.2) is 5.82 Å². The monoisotopic (exact) mass is 579 g/mol. The van der Waals surface area contributed by atoms with Crippen LogP contribution in [0.4, 0.5) is 5.82 Å². The Balaban J connectivity index is 1.38. The Kier molecular flexibility index (Phi) is 5.92. The third kappa shape index (κ3) is 4.40. The standard InChI is InChI=1S/C29H25N9O3S/c1-17(28-36-37-11-5-8-24(37)29(39)38(28)19-6-3-2-4-7-19)35-27-25-22(14-32-26(25)33-16-34-27)21-12-18(15-42(30,40)41)13-23-20(21)9-10-31-23/h2-14,16-17,31H,15H2,1H3,(H2,30,40,41)(H2,32,33,34,35)/t17-/m0/s1. The number of para-hydroxylation sites is 1. The minimum absolute atomic E-state index is 0.193. The van der Waals surface area contributed by atoms with Crippen LogP contribution in [0.1, 0.15) is 24.4 Å². The lowest BCUT2D eigenvalue weighted by atomic mass is 9.99. The summed E-state index contributed by atoms with van der Waals surface area (Å²) in [6, 6.07) is 17.9. The number of fused-ring (bicyclic) bond motifs is 3. The van der Waals surface area contributed by atoms with Crippen LogP contribution in [0.25, 0.3) is 44.3 Å². The van der Waals surface area contributed by atoms with Gasteiger partial charge in [-0.2, -0.15) is 5.10 Å². The number of hydrogen-bond acceptors (Lipinski definition) is 7. The molecule has 0 spiro atoms. The second kappa shape index (κ2) is 9.68. The Bertz CT molecular complexity index is 2280. The molecule has 7 aromatic rings. The highest BCUT2D eigenvalue weighted by Crippen LogP contribution is 2.38. The molecule has 42 heavy (non-hydrogen) atoms. The molecule has 1 atom stereocenters. The molecular formula is C29H25N9O3S. The van der Waals surface area contributed by atoms with Gasteiger partial charge in [0, 0.05) is 35.1 Å². The maximum atomic E-state index is 13.6. The number of hydrogen-bond donors (Lipinski definition) is 4. The first-order valence-electron chi connectivity index (χ1n) is 13.1. The van der Waals surface area contributed by atoms with Crippen molar-refractivity contribution in [1.82, 2.24) is 34.1 Å². The molecule has 0 aliphatic heterocycles. The number of nitrogens with two attached hydrogens (primary N) is 1. The van der Waals surface area contributed by atoms with Gasteiger partial charge >= 0.3 is 0 Å². The molecule has 5 aromatic heterocycles. The normalized spacial score (nSPS) is 12.8. The number of rotatable bonds is 7. The van der Waals surface area contributed by atoms with Gasteiger partial charge in [-0.3, -0.25) is 9.36 Å². The first-order chi connectivity index (χ1) is 20.3. The fourth-order valence-corrected chi connectivity index (χ4v) is 6.06. The fourth-order valence-electron chi connectivity index (χ4n) is 5.43. The summed E-state index contributed by atoms with van der Waals surface area (Å²) < 4.78 is 27.0. The van der Waals surface area contributed by atoms with E-state index in [1.165, 1.54) is 6.33 Å². The minimum Gasteiger partial charge on any atom is -0.361 e. The van der Waals surface area contributed by atoms with E-state index < -0.39 is 16.1 Å². The Morgan fingerprint density at radius 1 is 1.02 bits per heavy atom. The molecule has 5 heterocycles. The van der Waals surface area contributed by atoms with Crippen LogP contribution in [-0.4, -0.2) is 42.5 Å². The van der Waals surface area contributed by atoms with E-state index in [9.17, 15) is 13.2 Å². The van der Waals surface area contributed by atoms with E-state index in [1.807, 2.05) is 55.6 Å². The number of aromatic nitrogens is 7. The van der Waals surface area contributed by atoms with Crippen LogP contribution in [0.15, 0.2) is 90.4 Å². The summed E-state index contributed by atoms with van der Waals surface area (Å²) >= 11 is 0. The largest absolute Gasteiger partial charge is 0.361 e. The molecule has 0 fully saturated rings. The number of aromatic amines is 2. The molecule has 0 amide bonds. The van der Waals surface area contributed by atoms with Crippen LogP contribution >= 0.6 is 0 Å². The van der Waals surface area contributed by atoms with Gasteiger partial charge in [0.1, 0.15) is 23.3 Å². The van der Waals surface area contributed by atoms with Crippen LogP contribution in [-0.2, 0) is 15.8 Å². The highest BCUT2D eigenvalue weighted by Gasteiger charge is 2.22. The lowest BCUT2D eigenvalue weighted by molar-refractivity contribution is 0.597. The third-order valence-electron chi connectivity index (χ3n) is 7.20. The van der Waals surface area contributed by atoms with Gasteiger partial charge in [0.25, 0.3) is 5.56 Å². The SMILES string of the molecule is C[C@H](Nc1ncnc2[nH]cc(-c3cc(CS(N)(=O)=O)cc4[nH]ccc34)c12)c1nn2cccc2c(=O)n1-c1ccccc1. The van der Waals surface area contributed by atoms with Gasteiger partial charge in [-0.25, -0.2) is 28.0 Å². The lowest BCUT2D eigenvalue weighted by Crippen LogP contribution is -2.29. The first-order valence-corrected chi connectivity index (χ1v) is 14.8. The Labute approximate surface area is 238 Å². The molecule has 12 nitrogen and oxygen atoms in total. The van der Waals surface area contributed by atoms with E-state index in [-0.39, 0.29) is 11.3 Å². The summed E-state index contributed by atoms with van der Waals surface area (Å²) in [5.41, 5.74) is 4.43. The third-order valence-corrected chi connectivity index (χ3v) is 7.94. The Morgan fingerprint density at radius 2 is 1.86 bits per heavy atom. The summed E-state index contributed by atoms with van der Waals surface area (Å²) in [5, 5.41) is 15.2. The number of sulfonamides is 1. The van der Waals surface area contributed by atoms with Crippen LogP contribution in [0.5, 0.6) is 0 Å². The number of anilines is 1. The molecule has 2 aromatic carbocycles. The van der Waals surface area contributed by atoms with Crippen molar-refractivity contribution in [1.29, 1.82) is 0 Å². The maximum absolute atomic E-state index is 13.6. The maximum Gasteiger partial charge on any atom is 0.282 e. The van der Waals surface area contributed by atoms with Crippen LogP contribution in [0.3, 0.4) is 0 Å². The second-order valence-corrected chi connectivity index (χ2v) is 11.7. The first kappa shape index (κ1) is 25.7. The van der Waals surface area contributed by atoms with Crippen LogP contribution in [0.2, 0.25) is 0 Å². The number of primary sulfonamides is 1. The van der Waals surface area contributed by atoms with Crippen molar-refractivity contribution in [2.75, 3.05) is 5.32 Å². The average molecular weight is 580 g/mol. The van der Waals surface area contributed by atoms with Gasteiger partial charge in [-0.05, 0) is 60.5 Å². The molecule has 0 unspecified atom stereocenters. The number of nitrogens with zero attached hydrogens (tertiary/aromatic N) is 5. The Morgan fingerprint density at radius 3 is 2.67 bits per heavy atom. The fraction of sp³-hybridized carbons (Fsp3) is 0.103. The molecule has 0 saturated carbocycles. The zero-order chi connectivity index (χ0) is 29.0. The molecule has 0 aliphatic rings. The predicted molar refractivity (Wildman–Crippen MR) is 161 cm³/mol. The summed E-state index contributed by atoms with van der Waals surface area (Å²) in [4.78, 5) is 29.0. The molecule has 0 radical (unpaired) electrons. The van der Waals surface area contributed by atoms with Gasteiger partial charge in [0.2, 0.25) is 10.0 Å². The van der Waals surface area contributed by atoms with E-state index in [1.54, 1.807) is 39.7 Å². The average Bonchev–Trinajstić information content (AvgIpc) is 3.72. The van der Waals surface area contributed by atoms with Crippen LogP contribution in [0, 0.1) is 0 Å². The number of nitrogens with one attached hydrogen (secondary N) is 3. The summed E-state index contributed by atoms with van der Waals surface area (Å²) in [7, 11) is -3.75. The van der Waals surface area contributed by atoms with Crippen molar-refractivity contribution in [3.05, 3.63) is 107 Å². The van der Waals surface area contributed by atoms with Crippen molar-refractivity contribution in [2.45, 2.75) is 18.7 Å². The minimum atomic E-state index is -3.75. The lowest BCUT2D eigenvalue weighted by Gasteiger charge is -2.20. The molecule has 210 valence electrons. The second-order valence-electron chi connectivity index (χ2n) is 10.1. The number of benzene rings is 2. The zero-order valence-electron chi connectivity index (χ0n) is 22.3. The van der Waals surface area contributed by atoms with E-state index in [4.69, 9.17) is 10.2 Å². The molecule has 0 aliphatic carbocycles. The smallest absolute Gasteiger partial charge is 0.282 e. The molecule has 13 heteroatoms. The quantitative estimate of drug-likeness (QED) is 0.222. The molecule has 0 saturated heterocycles. The Hall–Kier alpha value is -5.27. The van der Waals surface area contributed by atoms with Crippen molar-refractivity contribution >= 4 is 43.3 Å². The van der Waals surface area contributed by atoms with Crippen molar-refractivity contribution in [2.24, 2.45) is 5.14 Å². The molecule has 5 N–H and O–H groups in total. The topological polar surface area (TPSA) is 169 Å². The molecular weight excluding hydrogens is 554 g/mol.